The highest BCUT2D eigenvalue weighted by atomic mass is 35.5. The maximum atomic E-state index is 12.5. The molecule has 0 heterocycles. The van der Waals surface area contributed by atoms with E-state index in [-0.39, 0.29) is 21.4 Å². The molecule has 2 rings (SSSR count). The Balaban J connectivity index is 2.48. The lowest BCUT2D eigenvalue weighted by atomic mass is 10.1. The van der Waals surface area contributed by atoms with Gasteiger partial charge in [0.15, 0.2) is 5.75 Å². The second-order valence-electron chi connectivity index (χ2n) is 4.81. The summed E-state index contributed by atoms with van der Waals surface area (Å²) in [6.45, 7) is 1.68. The molecular formula is C14H11ClN2O7S. The van der Waals surface area contributed by atoms with Crippen molar-refractivity contribution in [2.24, 2.45) is 0 Å². The molecule has 0 spiro atoms. The van der Waals surface area contributed by atoms with Crippen molar-refractivity contribution in [3.05, 3.63) is 67.2 Å². The van der Waals surface area contributed by atoms with Crippen molar-refractivity contribution in [2.75, 3.05) is 0 Å². The van der Waals surface area contributed by atoms with Crippen LogP contribution in [0, 0.1) is 20.2 Å². The third-order valence-electron chi connectivity index (χ3n) is 3.24. The number of hydrogen-bond donors (Lipinski definition) is 0. The van der Waals surface area contributed by atoms with Crippen LogP contribution in [-0.2, 0) is 16.5 Å². The zero-order valence-corrected chi connectivity index (χ0v) is 14.3. The SMILES string of the molecule is CCc1ccc([N+](=O)[O-])cc1S(=O)(=O)Oc1ccc([N+](=O)[O-])cc1Cl. The van der Waals surface area contributed by atoms with Crippen LogP contribution in [0.5, 0.6) is 5.75 Å². The molecule has 25 heavy (non-hydrogen) atoms. The maximum Gasteiger partial charge on any atom is 0.339 e. The summed E-state index contributed by atoms with van der Waals surface area (Å²) in [5, 5.41) is 21.3. The summed E-state index contributed by atoms with van der Waals surface area (Å²) in [7, 11) is -4.43. The maximum absolute atomic E-state index is 12.5. The smallest absolute Gasteiger partial charge is 0.339 e. The minimum absolute atomic E-state index is 0.277. The number of non-ortho nitro benzene ring substituents is 2. The van der Waals surface area contributed by atoms with E-state index in [2.05, 4.69) is 0 Å². The van der Waals surface area contributed by atoms with Crippen molar-refractivity contribution in [1.29, 1.82) is 0 Å². The van der Waals surface area contributed by atoms with Gasteiger partial charge in [-0.2, -0.15) is 8.42 Å². The number of halogens is 1. The molecule has 11 heteroatoms. The summed E-state index contributed by atoms with van der Waals surface area (Å²) in [6.07, 6.45) is 0.296. The Hall–Kier alpha value is -2.72. The van der Waals surface area contributed by atoms with Crippen LogP contribution in [-0.4, -0.2) is 18.3 Å². The Kier molecular flexibility index (Phi) is 5.24. The van der Waals surface area contributed by atoms with Gasteiger partial charge < -0.3 is 4.18 Å². The van der Waals surface area contributed by atoms with Crippen molar-refractivity contribution < 1.29 is 22.4 Å². The minimum atomic E-state index is -4.43. The molecule has 9 nitrogen and oxygen atoms in total. The van der Waals surface area contributed by atoms with Gasteiger partial charge in [0.05, 0.1) is 14.9 Å². The molecular weight excluding hydrogens is 376 g/mol. The van der Waals surface area contributed by atoms with Gasteiger partial charge in [-0.05, 0) is 18.1 Å². The predicted molar refractivity (Wildman–Crippen MR) is 88.4 cm³/mol. The van der Waals surface area contributed by atoms with E-state index in [0.717, 1.165) is 24.3 Å². The third kappa shape index (κ3) is 4.03. The summed E-state index contributed by atoms with van der Waals surface area (Å²) in [5.41, 5.74) is -0.419. The van der Waals surface area contributed by atoms with Gasteiger partial charge in [-0.15, -0.1) is 0 Å². The summed E-state index contributed by atoms with van der Waals surface area (Å²) in [4.78, 5) is 19.8. The lowest BCUT2D eigenvalue weighted by Crippen LogP contribution is -2.13. The first-order chi connectivity index (χ1) is 11.7. The molecule has 0 amide bonds. The first-order valence-electron chi connectivity index (χ1n) is 6.81. The van der Waals surface area contributed by atoms with Crippen LogP contribution in [0.3, 0.4) is 0 Å². The van der Waals surface area contributed by atoms with Crippen LogP contribution in [0.15, 0.2) is 41.3 Å². The van der Waals surface area contributed by atoms with Crippen LogP contribution in [0.4, 0.5) is 11.4 Å². The van der Waals surface area contributed by atoms with Crippen molar-refractivity contribution in [3.8, 4) is 5.75 Å². The van der Waals surface area contributed by atoms with E-state index in [1.54, 1.807) is 6.92 Å². The number of nitro benzene ring substituents is 2. The van der Waals surface area contributed by atoms with Gasteiger partial charge in [0.25, 0.3) is 11.4 Å². The molecule has 0 aliphatic rings. The fraction of sp³-hybridized carbons (Fsp3) is 0.143. The number of nitrogens with zero attached hydrogens (tertiary/aromatic N) is 2. The number of nitro groups is 2. The summed E-state index contributed by atoms with van der Waals surface area (Å²) >= 11 is 5.82. The zero-order chi connectivity index (χ0) is 18.8. The highest BCUT2D eigenvalue weighted by molar-refractivity contribution is 7.87. The highest BCUT2D eigenvalue weighted by Gasteiger charge is 2.25. The third-order valence-corrected chi connectivity index (χ3v) is 4.85. The normalized spacial score (nSPS) is 11.1. The van der Waals surface area contributed by atoms with Gasteiger partial charge >= 0.3 is 10.1 Å². The largest absolute Gasteiger partial charge is 0.377 e. The lowest BCUT2D eigenvalue weighted by Gasteiger charge is -2.11. The molecule has 2 aromatic carbocycles. The first-order valence-corrected chi connectivity index (χ1v) is 8.60. The van der Waals surface area contributed by atoms with E-state index >= 15 is 0 Å². The van der Waals surface area contributed by atoms with Crippen LogP contribution < -0.4 is 4.18 Å². The summed E-state index contributed by atoms with van der Waals surface area (Å²) < 4.78 is 29.9. The average molecular weight is 387 g/mol. The molecule has 0 aliphatic carbocycles. The van der Waals surface area contributed by atoms with E-state index in [4.69, 9.17) is 15.8 Å². The Morgan fingerprint density at radius 2 is 1.60 bits per heavy atom. The molecule has 0 N–H and O–H groups in total. The van der Waals surface area contributed by atoms with E-state index in [1.165, 1.54) is 12.1 Å². The van der Waals surface area contributed by atoms with Gasteiger partial charge in [0.1, 0.15) is 4.90 Å². The molecule has 2 aromatic rings. The molecule has 0 atom stereocenters. The van der Waals surface area contributed by atoms with E-state index in [0.29, 0.717) is 12.0 Å². The summed E-state index contributed by atoms with van der Waals surface area (Å²) in [5.74, 6) is -0.319. The summed E-state index contributed by atoms with van der Waals surface area (Å²) in [6, 6.07) is 6.43. The molecule has 0 bridgehead atoms. The molecule has 0 radical (unpaired) electrons. The minimum Gasteiger partial charge on any atom is -0.377 e. The van der Waals surface area contributed by atoms with E-state index in [1.807, 2.05) is 0 Å². The number of rotatable bonds is 6. The fourth-order valence-corrected chi connectivity index (χ4v) is 3.54. The van der Waals surface area contributed by atoms with Crippen molar-refractivity contribution >= 4 is 33.1 Å². The van der Waals surface area contributed by atoms with Gasteiger partial charge in [-0.3, -0.25) is 20.2 Å². The Morgan fingerprint density at radius 1 is 1.04 bits per heavy atom. The van der Waals surface area contributed by atoms with Crippen LogP contribution in [0.25, 0.3) is 0 Å². The second-order valence-corrected chi connectivity index (χ2v) is 6.73. The van der Waals surface area contributed by atoms with E-state index in [9.17, 15) is 28.6 Å². The monoisotopic (exact) mass is 386 g/mol. The standard InChI is InChI=1S/C14H11ClN2O7S/c1-2-9-3-4-11(17(20)21)8-14(9)25(22,23)24-13-6-5-10(16(18)19)7-12(13)15/h3-8H,2H2,1H3. The molecule has 0 saturated carbocycles. The molecule has 0 saturated heterocycles. The molecule has 0 unspecified atom stereocenters. The molecule has 132 valence electrons. The number of benzene rings is 2. The Labute approximate surface area is 147 Å². The number of hydrogen-bond acceptors (Lipinski definition) is 7. The van der Waals surface area contributed by atoms with Crippen molar-refractivity contribution in [3.63, 3.8) is 0 Å². The average Bonchev–Trinajstić information content (AvgIpc) is 2.55. The van der Waals surface area contributed by atoms with E-state index < -0.39 is 25.7 Å². The van der Waals surface area contributed by atoms with Gasteiger partial charge in [0.2, 0.25) is 0 Å². The van der Waals surface area contributed by atoms with Gasteiger partial charge in [-0.25, -0.2) is 0 Å². The Bertz CT molecular complexity index is 960. The van der Waals surface area contributed by atoms with Crippen LogP contribution in [0.2, 0.25) is 5.02 Å². The molecule has 0 aliphatic heterocycles. The second kappa shape index (κ2) is 7.03. The quantitative estimate of drug-likeness (QED) is 0.422. The van der Waals surface area contributed by atoms with Crippen molar-refractivity contribution in [2.45, 2.75) is 18.2 Å². The van der Waals surface area contributed by atoms with Crippen LogP contribution >= 0.6 is 11.6 Å². The lowest BCUT2D eigenvalue weighted by molar-refractivity contribution is -0.385. The van der Waals surface area contributed by atoms with Gasteiger partial charge in [0, 0.05) is 24.3 Å². The van der Waals surface area contributed by atoms with Crippen LogP contribution in [0.1, 0.15) is 12.5 Å². The molecule has 0 fully saturated rings. The zero-order valence-electron chi connectivity index (χ0n) is 12.7. The predicted octanol–water partition coefficient (Wildman–Crippen LogP) is 3.49. The van der Waals surface area contributed by atoms with Crippen molar-refractivity contribution in [1.82, 2.24) is 0 Å². The number of aryl methyl sites for hydroxylation is 1. The first kappa shape index (κ1) is 18.6. The van der Waals surface area contributed by atoms with Gasteiger partial charge in [-0.1, -0.05) is 24.6 Å². The highest BCUT2D eigenvalue weighted by Crippen LogP contribution is 2.32. The topological polar surface area (TPSA) is 130 Å². The molecule has 0 aromatic heterocycles. The fourth-order valence-electron chi connectivity index (χ4n) is 2.02. The Morgan fingerprint density at radius 3 is 2.12 bits per heavy atom.